The van der Waals surface area contributed by atoms with E-state index in [1.54, 1.807) is 19.1 Å². The minimum Gasteiger partial charge on any atom is -0.481 e. The van der Waals surface area contributed by atoms with Gasteiger partial charge in [-0.15, -0.1) is 0 Å². The summed E-state index contributed by atoms with van der Waals surface area (Å²) >= 11 is 6.04. The van der Waals surface area contributed by atoms with Crippen LogP contribution in [0.2, 0.25) is 5.02 Å². The molecule has 0 saturated carbocycles. The first-order chi connectivity index (χ1) is 14.3. The van der Waals surface area contributed by atoms with Crippen LogP contribution in [0, 0.1) is 0 Å². The molecule has 0 unspecified atom stereocenters. The highest BCUT2D eigenvalue weighted by Gasteiger charge is 2.27. The topological polar surface area (TPSA) is 78.9 Å². The van der Waals surface area contributed by atoms with Crippen LogP contribution in [0.4, 0.5) is 5.69 Å². The van der Waals surface area contributed by atoms with Gasteiger partial charge in [0.05, 0.1) is 5.75 Å². The van der Waals surface area contributed by atoms with Gasteiger partial charge in [0.2, 0.25) is 10.0 Å². The molecule has 1 aliphatic heterocycles. The molecule has 2 aromatic carbocycles. The van der Waals surface area contributed by atoms with E-state index in [0.717, 1.165) is 5.69 Å². The Hall–Kier alpha value is -2.29. The largest absolute Gasteiger partial charge is 0.481 e. The number of carbonyl (C=O) groups is 1. The minimum absolute atomic E-state index is 0.0398. The van der Waals surface area contributed by atoms with Gasteiger partial charge < -0.3 is 15.0 Å². The molecule has 1 fully saturated rings. The van der Waals surface area contributed by atoms with Gasteiger partial charge >= 0.3 is 0 Å². The van der Waals surface area contributed by atoms with Crippen molar-refractivity contribution in [2.24, 2.45) is 0 Å². The van der Waals surface area contributed by atoms with E-state index in [0.29, 0.717) is 37.0 Å². The van der Waals surface area contributed by atoms with E-state index in [1.807, 2.05) is 42.5 Å². The number of rotatable bonds is 8. The Morgan fingerprint density at radius 2 is 1.80 bits per heavy atom. The van der Waals surface area contributed by atoms with Gasteiger partial charge in [0, 0.05) is 43.4 Å². The molecule has 1 atom stereocenters. The lowest BCUT2D eigenvalue weighted by Gasteiger charge is -2.35. The van der Waals surface area contributed by atoms with Gasteiger partial charge in [-0.3, -0.25) is 4.79 Å². The number of ether oxygens (including phenoxy) is 1. The summed E-state index contributed by atoms with van der Waals surface area (Å²) in [6, 6.07) is 16.5. The Kier molecular flexibility index (Phi) is 7.58. The van der Waals surface area contributed by atoms with Crippen LogP contribution >= 0.6 is 11.6 Å². The Bertz CT molecular complexity index is 948. The van der Waals surface area contributed by atoms with Gasteiger partial charge in [0.1, 0.15) is 5.75 Å². The maximum atomic E-state index is 12.6. The van der Waals surface area contributed by atoms with Crippen LogP contribution in [0.25, 0.3) is 0 Å². The molecule has 7 nitrogen and oxygen atoms in total. The number of amides is 1. The number of nitrogens with zero attached hydrogens (tertiary/aromatic N) is 2. The Morgan fingerprint density at radius 1 is 1.10 bits per heavy atom. The van der Waals surface area contributed by atoms with Crippen molar-refractivity contribution in [3.05, 3.63) is 59.6 Å². The van der Waals surface area contributed by atoms with E-state index in [1.165, 1.54) is 4.31 Å². The van der Waals surface area contributed by atoms with E-state index in [-0.39, 0.29) is 18.2 Å². The average Bonchev–Trinajstić information content (AvgIpc) is 2.74. The van der Waals surface area contributed by atoms with E-state index in [9.17, 15) is 13.2 Å². The normalized spacial score (nSPS) is 16.1. The fraction of sp³-hybridized carbons (Fsp3) is 0.381. The van der Waals surface area contributed by atoms with Gasteiger partial charge in [0.25, 0.3) is 5.91 Å². The highest BCUT2D eigenvalue weighted by molar-refractivity contribution is 7.89. The number of nitrogens with one attached hydrogen (secondary N) is 1. The monoisotopic (exact) mass is 451 g/mol. The Labute approximate surface area is 182 Å². The summed E-state index contributed by atoms with van der Waals surface area (Å²) in [6.07, 6.45) is -0.712. The fourth-order valence-electron chi connectivity index (χ4n) is 3.23. The zero-order valence-electron chi connectivity index (χ0n) is 16.8. The molecule has 162 valence electrons. The second-order valence-electron chi connectivity index (χ2n) is 7.05. The third-order valence-electron chi connectivity index (χ3n) is 4.89. The highest BCUT2D eigenvalue weighted by atomic mass is 35.5. The molecule has 0 aliphatic carbocycles. The van der Waals surface area contributed by atoms with Gasteiger partial charge in [-0.2, -0.15) is 4.31 Å². The molecule has 3 rings (SSSR count). The minimum atomic E-state index is -3.45. The summed E-state index contributed by atoms with van der Waals surface area (Å²) in [4.78, 5) is 14.3. The van der Waals surface area contributed by atoms with Gasteiger partial charge in [-0.1, -0.05) is 35.9 Å². The van der Waals surface area contributed by atoms with Gasteiger partial charge in [-0.25, -0.2) is 8.42 Å². The van der Waals surface area contributed by atoms with Crippen molar-refractivity contribution in [1.82, 2.24) is 9.62 Å². The first-order valence-corrected chi connectivity index (χ1v) is 11.8. The molecule has 0 spiro atoms. The SMILES string of the molecule is C[C@@H](Oc1ccccc1)C(=O)NCCS(=O)(=O)N1CCN(c2cccc(Cl)c2)CC1. The Morgan fingerprint density at radius 3 is 2.47 bits per heavy atom. The third kappa shape index (κ3) is 6.10. The van der Waals surface area contributed by atoms with Crippen molar-refractivity contribution in [3.63, 3.8) is 0 Å². The number of sulfonamides is 1. The lowest BCUT2D eigenvalue weighted by Crippen LogP contribution is -2.50. The summed E-state index contributed by atoms with van der Waals surface area (Å²) in [5.41, 5.74) is 0.985. The predicted octanol–water partition coefficient (Wildman–Crippen LogP) is 2.38. The van der Waals surface area contributed by atoms with Crippen molar-refractivity contribution in [1.29, 1.82) is 0 Å². The fourth-order valence-corrected chi connectivity index (χ4v) is 4.75. The molecule has 1 saturated heterocycles. The van der Waals surface area contributed by atoms with Crippen LogP contribution < -0.4 is 15.0 Å². The first kappa shape index (κ1) is 22.4. The zero-order valence-corrected chi connectivity index (χ0v) is 18.4. The molecule has 30 heavy (non-hydrogen) atoms. The molecule has 1 amide bonds. The summed E-state index contributed by atoms with van der Waals surface area (Å²) in [5, 5.41) is 3.30. The van der Waals surface area contributed by atoms with E-state index < -0.39 is 16.1 Å². The van der Waals surface area contributed by atoms with E-state index in [2.05, 4.69) is 10.2 Å². The highest BCUT2D eigenvalue weighted by Crippen LogP contribution is 2.21. The number of carbonyl (C=O) groups excluding carboxylic acids is 1. The lowest BCUT2D eigenvalue weighted by molar-refractivity contribution is -0.127. The summed E-state index contributed by atoms with van der Waals surface area (Å²) < 4.78 is 32.3. The molecule has 0 bridgehead atoms. The number of hydrogen-bond donors (Lipinski definition) is 1. The molecule has 1 aliphatic rings. The molecule has 1 heterocycles. The summed E-state index contributed by atoms with van der Waals surface area (Å²) in [7, 11) is -3.45. The molecule has 0 radical (unpaired) electrons. The average molecular weight is 452 g/mol. The quantitative estimate of drug-likeness (QED) is 0.666. The number of hydrogen-bond acceptors (Lipinski definition) is 5. The molecule has 0 aromatic heterocycles. The van der Waals surface area contributed by atoms with Crippen molar-refractivity contribution in [3.8, 4) is 5.75 Å². The van der Waals surface area contributed by atoms with Crippen molar-refractivity contribution >= 4 is 33.2 Å². The van der Waals surface area contributed by atoms with Crippen LogP contribution in [-0.4, -0.2) is 63.2 Å². The van der Waals surface area contributed by atoms with Crippen molar-refractivity contribution in [2.75, 3.05) is 43.4 Å². The zero-order chi connectivity index (χ0) is 21.6. The maximum Gasteiger partial charge on any atom is 0.260 e. The smallest absolute Gasteiger partial charge is 0.260 e. The second-order valence-corrected chi connectivity index (χ2v) is 9.57. The number of para-hydroxylation sites is 1. The number of anilines is 1. The number of piperazine rings is 1. The third-order valence-corrected chi connectivity index (χ3v) is 7.00. The second kappa shape index (κ2) is 10.1. The van der Waals surface area contributed by atoms with Gasteiger partial charge in [-0.05, 0) is 37.3 Å². The number of halogens is 1. The van der Waals surface area contributed by atoms with Crippen LogP contribution in [0.1, 0.15) is 6.92 Å². The standard InChI is InChI=1S/C21H26ClN3O4S/c1-17(29-20-8-3-2-4-9-20)21(26)23-10-15-30(27,28)25-13-11-24(12-14-25)19-7-5-6-18(22)16-19/h2-9,16-17H,10-15H2,1H3,(H,23,26)/t17-/m1/s1. The summed E-state index contributed by atoms with van der Waals surface area (Å²) in [6.45, 7) is 3.65. The van der Waals surface area contributed by atoms with Crippen LogP contribution in [0.15, 0.2) is 54.6 Å². The first-order valence-electron chi connectivity index (χ1n) is 9.83. The predicted molar refractivity (Wildman–Crippen MR) is 119 cm³/mol. The maximum absolute atomic E-state index is 12.6. The number of benzene rings is 2. The lowest BCUT2D eigenvalue weighted by atomic mass is 10.2. The van der Waals surface area contributed by atoms with Gasteiger partial charge in [0.15, 0.2) is 6.10 Å². The van der Waals surface area contributed by atoms with Crippen LogP contribution in [-0.2, 0) is 14.8 Å². The molecular weight excluding hydrogens is 426 g/mol. The Balaban J connectivity index is 1.43. The van der Waals surface area contributed by atoms with E-state index in [4.69, 9.17) is 16.3 Å². The van der Waals surface area contributed by atoms with Crippen LogP contribution in [0.5, 0.6) is 5.75 Å². The summed E-state index contributed by atoms with van der Waals surface area (Å²) in [5.74, 6) is 0.0960. The van der Waals surface area contributed by atoms with Crippen molar-refractivity contribution < 1.29 is 17.9 Å². The molecule has 1 N–H and O–H groups in total. The molecule has 9 heteroatoms. The molecule has 2 aromatic rings. The van der Waals surface area contributed by atoms with E-state index >= 15 is 0 Å². The van der Waals surface area contributed by atoms with Crippen LogP contribution in [0.3, 0.4) is 0 Å². The molecular formula is C21H26ClN3O4S. The van der Waals surface area contributed by atoms with Crippen molar-refractivity contribution in [2.45, 2.75) is 13.0 Å².